The smallest absolute Gasteiger partial charge is 0.123 e. The zero-order valence-corrected chi connectivity index (χ0v) is 16.2. The topological polar surface area (TPSA) is 16.1 Å². The summed E-state index contributed by atoms with van der Waals surface area (Å²) in [7, 11) is 0. The molecule has 0 atom stereocenters. The van der Waals surface area contributed by atoms with E-state index in [0.29, 0.717) is 0 Å². The van der Waals surface area contributed by atoms with Gasteiger partial charge in [0, 0.05) is 17.5 Å². The van der Waals surface area contributed by atoms with Crippen LogP contribution in [0, 0.1) is 12.8 Å². The SMILES string of the molecule is Cc1cccc(-c2nc(CN3CCC(Cc4ccccc4)CC3)cs2)c1. The van der Waals surface area contributed by atoms with E-state index in [1.807, 2.05) is 0 Å². The molecule has 1 aliphatic rings. The minimum Gasteiger partial charge on any atom is -0.297 e. The van der Waals surface area contributed by atoms with Crippen molar-refractivity contribution in [3.8, 4) is 10.6 Å². The van der Waals surface area contributed by atoms with Crippen molar-refractivity contribution in [1.82, 2.24) is 9.88 Å². The van der Waals surface area contributed by atoms with Crippen molar-refractivity contribution >= 4 is 11.3 Å². The Morgan fingerprint density at radius 1 is 1.04 bits per heavy atom. The molecule has 3 aromatic rings. The second kappa shape index (κ2) is 8.15. The first-order chi connectivity index (χ1) is 12.8. The Hall–Kier alpha value is -1.97. The van der Waals surface area contributed by atoms with Gasteiger partial charge in [-0.1, -0.05) is 54.1 Å². The standard InChI is InChI=1S/C23H26N2S/c1-18-6-5-9-21(14-18)23-24-22(17-26-23)16-25-12-10-20(11-13-25)15-19-7-3-2-4-8-19/h2-9,14,17,20H,10-13,15-16H2,1H3. The molecule has 0 N–H and O–H groups in total. The third kappa shape index (κ3) is 4.40. The first kappa shape index (κ1) is 17.4. The lowest BCUT2D eigenvalue weighted by Crippen LogP contribution is -2.33. The highest BCUT2D eigenvalue weighted by atomic mass is 32.1. The number of thiazole rings is 1. The Morgan fingerprint density at radius 3 is 2.62 bits per heavy atom. The van der Waals surface area contributed by atoms with Crippen LogP contribution < -0.4 is 0 Å². The Kier molecular flexibility index (Phi) is 5.47. The van der Waals surface area contributed by atoms with Gasteiger partial charge in [0.1, 0.15) is 5.01 Å². The van der Waals surface area contributed by atoms with Crippen LogP contribution >= 0.6 is 11.3 Å². The maximum absolute atomic E-state index is 4.88. The molecule has 1 saturated heterocycles. The predicted molar refractivity (Wildman–Crippen MR) is 110 cm³/mol. The molecule has 0 amide bonds. The summed E-state index contributed by atoms with van der Waals surface area (Å²) in [5.74, 6) is 0.826. The number of hydrogen-bond donors (Lipinski definition) is 0. The van der Waals surface area contributed by atoms with Crippen LogP contribution in [0.25, 0.3) is 10.6 Å². The third-order valence-corrected chi connectivity index (χ3v) is 6.22. The van der Waals surface area contributed by atoms with Gasteiger partial charge in [-0.2, -0.15) is 0 Å². The second-order valence-corrected chi connectivity index (χ2v) is 8.28. The maximum atomic E-state index is 4.88. The number of likely N-dealkylation sites (tertiary alicyclic amines) is 1. The first-order valence-electron chi connectivity index (χ1n) is 9.54. The molecule has 0 radical (unpaired) electrons. The van der Waals surface area contributed by atoms with Gasteiger partial charge in [0.05, 0.1) is 5.69 Å². The molecule has 134 valence electrons. The molecular weight excluding hydrogens is 336 g/mol. The van der Waals surface area contributed by atoms with E-state index in [1.54, 1.807) is 11.3 Å². The average molecular weight is 363 g/mol. The summed E-state index contributed by atoms with van der Waals surface area (Å²) in [5.41, 5.74) is 5.23. The fraction of sp³-hybridized carbons (Fsp3) is 0.348. The summed E-state index contributed by atoms with van der Waals surface area (Å²) in [6.07, 6.45) is 3.82. The molecule has 1 fully saturated rings. The third-order valence-electron chi connectivity index (χ3n) is 5.28. The molecular formula is C23H26N2S. The lowest BCUT2D eigenvalue weighted by Gasteiger charge is -2.31. The number of nitrogens with zero attached hydrogens (tertiary/aromatic N) is 2. The van der Waals surface area contributed by atoms with Gasteiger partial charge in [-0.05, 0) is 56.8 Å². The molecule has 3 heteroatoms. The molecule has 2 heterocycles. The van der Waals surface area contributed by atoms with Crippen LogP contribution in [0.15, 0.2) is 60.0 Å². The monoisotopic (exact) mass is 362 g/mol. The van der Waals surface area contributed by atoms with Crippen molar-refractivity contribution < 1.29 is 0 Å². The fourth-order valence-corrected chi connectivity index (χ4v) is 4.62. The number of piperidine rings is 1. The lowest BCUT2D eigenvalue weighted by molar-refractivity contribution is 0.175. The molecule has 0 saturated carbocycles. The number of aromatic nitrogens is 1. The van der Waals surface area contributed by atoms with Gasteiger partial charge in [0.2, 0.25) is 0 Å². The van der Waals surface area contributed by atoms with Gasteiger partial charge < -0.3 is 0 Å². The molecule has 0 bridgehead atoms. The van der Waals surface area contributed by atoms with Crippen molar-refractivity contribution in [2.45, 2.75) is 32.7 Å². The van der Waals surface area contributed by atoms with Crippen LogP contribution in [0.5, 0.6) is 0 Å². The number of benzene rings is 2. The van der Waals surface area contributed by atoms with Crippen molar-refractivity contribution in [1.29, 1.82) is 0 Å². The van der Waals surface area contributed by atoms with Crippen LogP contribution in [0.2, 0.25) is 0 Å². The summed E-state index contributed by atoms with van der Waals surface area (Å²) in [4.78, 5) is 7.45. The minimum atomic E-state index is 0.826. The summed E-state index contributed by atoms with van der Waals surface area (Å²) < 4.78 is 0. The second-order valence-electron chi connectivity index (χ2n) is 7.42. The van der Waals surface area contributed by atoms with Gasteiger partial charge in [0.25, 0.3) is 0 Å². The Labute approximate surface area is 160 Å². The average Bonchev–Trinajstić information content (AvgIpc) is 3.13. The van der Waals surface area contributed by atoms with E-state index in [4.69, 9.17) is 4.98 Å². The molecule has 0 spiro atoms. The van der Waals surface area contributed by atoms with Crippen molar-refractivity contribution in [3.05, 3.63) is 76.8 Å². The zero-order chi connectivity index (χ0) is 17.8. The van der Waals surface area contributed by atoms with Crippen molar-refractivity contribution in [2.75, 3.05) is 13.1 Å². The number of rotatable bonds is 5. The van der Waals surface area contributed by atoms with Crippen LogP contribution in [0.3, 0.4) is 0 Å². The van der Waals surface area contributed by atoms with Crippen LogP contribution in [-0.2, 0) is 13.0 Å². The first-order valence-corrected chi connectivity index (χ1v) is 10.4. The van der Waals surface area contributed by atoms with E-state index < -0.39 is 0 Å². The Morgan fingerprint density at radius 2 is 1.85 bits per heavy atom. The van der Waals surface area contributed by atoms with Crippen LogP contribution in [0.1, 0.15) is 29.7 Å². The Balaban J connectivity index is 1.31. The molecule has 0 unspecified atom stereocenters. The van der Waals surface area contributed by atoms with Crippen LogP contribution in [-0.4, -0.2) is 23.0 Å². The van der Waals surface area contributed by atoms with Gasteiger partial charge in [-0.3, -0.25) is 4.90 Å². The summed E-state index contributed by atoms with van der Waals surface area (Å²) in [5, 5.41) is 3.37. The van der Waals surface area contributed by atoms with E-state index >= 15 is 0 Å². The normalized spacial score (nSPS) is 16.0. The predicted octanol–water partition coefficient (Wildman–Crippen LogP) is 5.57. The highest BCUT2D eigenvalue weighted by molar-refractivity contribution is 7.13. The summed E-state index contributed by atoms with van der Waals surface area (Å²) in [6, 6.07) is 19.5. The molecule has 2 aromatic carbocycles. The van der Waals surface area contributed by atoms with Gasteiger partial charge in [-0.25, -0.2) is 4.98 Å². The van der Waals surface area contributed by atoms with Gasteiger partial charge in [-0.15, -0.1) is 11.3 Å². The molecule has 2 nitrogen and oxygen atoms in total. The lowest BCUT2D eigenvalue weighted by atomic mass is 9.90. The van der Waals surface area contributed by atoms with E-state index in [-0.39, 0.29) is 0 Å². The highest BCUT2D eigenvalue weighted by Gasteiger charge is 2.20. The quantitative estimate of drug-likeness (QED) is 0.589. The summed E-state index contributed by atoms with van der Waals surface area (Å²) in [6.45, 7) is 5.50. The molecule has 1 aromatic heterocycles. The molecule has 0 aliphatic carbocycles. The van der Waals surface area contributed by atoms with Gasteiger partial charge >= 0.3 is 0 Å². The Bertz CT molecular complexity index is 832. The zero-order valence-electron chi connectivity index (χ0n) is 15.4. The molecule has 26 heavy (non-hydrogen) atoms. The molecule has 1 aliphatic heterocycles. The summed E-state index contributed by atoms with van der Waals surface area (Å²) >= 11 is 1.76. The van der Waals surface area contributed by atoms with Crippen LogP contribution in [0.4, 0.5) is 0 Å². The molecule has 4 rings (SSSR count). The van der Waals surface area contributed by atoms with E-state index in [1.165, 1.54) is 54.7 Å². The van der Waals surface area contributed by atoms with E-state index in [2.05, 4.69) is 71.8 Å². The van der Waals surface area contributed by atoms with Crippen molar-refractivity contribution in [3.63, 3.8) is 0 Å². The van der Waals surface area contributed by atoms with Gasteiger partial charge in [0.15, 0.2) is 0 Å². The number of aryl methyl sites for hydroxylation is 1. The fourth-order valence-electron chi connectivity index (χ4n) is 3.82. The number of hydrogen-bond acceptors (Lipinski definition) is 3. The van der Waals surface area contributed by atoms with Crippen molar-refractivity contribution in [2.24, 2.45) is 5.92 Å². The maximum Gasteiger partial charge on any atom is 0.123 e. The minimum absolute atomic E-state index is 0.826. The van der Waals surface area contributed by atoms with E-state index in [0.717, 1.165) is 17.5 Å². The largest absolute Gasteiger partial charge is 0.297 e. The van der Waals surface area contributed by atoms with E-state index in [9.17, 15) is 0 Å². The highest BCUT2D eigenvalue weighted by Crippen LogP contribution is 2.27.